The summed E-state index contributed by atoms with van der Waals surface area (Å²) in [6.07, 6.45) is 5.26. The van der Waals surface area contributed by atoms with Gasteiger partial charge in [0.1, 0.15) is 5.82 Å². The van der Waals surface area contributed by atoms with Crippen LogP contribution in [0.2, 0.25) is 0 Å². The van der Waals surface area contributed by atoms with Gasteiger partial charge in [-0.3, -0.25) is 0 Å². The van der Waals surface area contributed by atoms with Gasteiger partial charge in [-0.2, -0.15) is 0 Å². The maximum Gasteiger partial charge on any atom is 0.109 e. The molecule has 0 aromatic carbocycles. The minimum Gasteiger partial charge on any atom is -0.394 e. The molecule has 0 radical (unpaired) electrons. The molecule has 0 aliphatic carbocycles. The quantitative estimate of drug-likeness (QED) is 0.924. The topological polar surface area (TPSA) is 38.1 Å². The Morgan fingerprint density at radius 3 is 3.12 bits per heavy atom. The molecule has 1 aliphatic rings. The summed E-state index contributed by atoms with van der Waals surface area (Å²) in [5, 5.41) is 9.37. The van der Waals surface area contributed by atoms with E-state index in [0.29, 0.717) is 0 Å². The standard InChI is InChI=1S/C12H13BrN2OS/c13-11-5-4-10(17-11)9-6-15-8(7-16)2-1-3-12(15)14-9/h4-6,8,16H,1-3,7H2. The maximum atomic E-state index is 9.37. The van der Waals surface area contributed by atoms with Crippen LogP contribution in [0.25, 0.3) is 10.6 Å². The number of halogens is 1. The summed E-state index contributed by atoms with van der Waals surface area (Å²) < 4.78 is 3.27. The molecule has 3 rings (SSSR count). The molecule has 17 heavy (non-hydrogen) atoms. The zero-order valence-corrected chi connectivity index (χ0v) is 11.7. The number of nitrogens with zero attached hydrogens (tertiary/aromatic N) is 2. The zero-order chi connectivity index (χ0) is 11.8. The van der Waals surface area contributed by atoms with E-state index in [-0.39, 0.29) is 12.6 Å². The largest absolute Gasteiger partial charge is 0.394 e. The Labute approximate surface area is 112 Å². The molecule has 0 bridgehead atoms. The van der Waals surface area contributed by atoms with Crippen molar-refractivity contribution in [2.45, 2.75) is 25.3 Å². The minimum absolute atomic E-state index is 0.205. The van der Waals surface area contributed by atoms with Gasteiger partial charge in [0, 0.05) is 12.6 Å². The summed E-state index contributed by atoms with van der Waals surface area (Å²) in [5.41, 5.74) is 1.02. The van der Waals surface area contributed by atoms with E-state index in [1.165, 1.54) is 4.88 Å². The lowest BCUT2D eigenvalue weighted by Gasteiger charge is -2.22. The van der Waals surface area contributed by atoms with E-state index in [1.807, 2.05) is 6.07 Å². The second-order valence-corrected chi connectivity index (χ2v) is 6.75. The molecule has 1 atom stereocenters. The zero-order valence-electron chi connectivity index (χ0n) is 9.27. The summed E-state index contributed by atoms with van der Waals surface area (Å²) in [7, 11) is 0. The van der Waals surface area contributed by atoms with Gasteiger partial charge in [-0.05, 0) is 40.9 Å². The molecule has 3 heterocycles. The van der Waals surface area contributed by atoms with E-state index in [1.54, 1.807) is 11.3 Å². The van der Waals surface area contributed by atoms with Crippen molar-refractivity contribution in [1.29, 1.82) is 0 Å². The van der Waals surface area contributed by atoms with Gasteiger partial charge in [-0.25, -0.2) is 4.98 Å². The van der Waals surface area contributed by atoms with Crippen molar-refractivity contribution >= 4 is 27.3 Å². The monoisotopic (exact) mass is 312 g/mol. The van der Waals surface area contributed by atoms with Crippen molar-refractivity contribution in [1.82, 2.24) is 9.55 Å². The Morgan fingerprint density at radius 2 is 2.41 bits per heavy atom. The van der Waals surface area contributed by atoms with Gasteiger partial charge in [0.15, 0.2) is 0 Å². The predicted octanol–water partition coefficient (Wildman–Crippen LogP) is 3.24. The van der Waals surface area contributed by atoms with Gasteiger partial charge in [0.05, 0.1) is 27.0 Å². The third-order valence-electron chi connectivity index (χ3n) is 3.18. The van der Waals surface area contributed by atoms with Crippen molar-refractivity contribution in [3.05, 3.63) is 27.9 Å². The van der Waals surface area contributed by atoms with Crippen LogP contribution in [0.5, 0.6) is 0 Å². The van der Waals surface area contributed by atoms with Gasteiger partial charge < -0.3 is 9.67 Å². The molecule has 5 heteroatoms. The molecule has 0 saturated carbocycles. The third kappa shape index (κ3) is 2.07. The first-order chi connectivity index (χ1) is 8.28. The number of rotatable bonds is 2. The third-order valence-corrected chi connectivity index (χ3v) is 4.82. The van der Waals surface area contributed by atoms with Crippen LogP contribution in [0, 0.1) is 0 Å². The molecule has 2 aromatic rings. The highest BCUT2D eigenvalue weighted by Crippen LogP contribution is 2.33. The van der Waals surface area contributed by atoms with Crippen molar-refractivity contribution < 1.29 is 5.11 Å². The van der Waals surface area contributed by atoms with Gasteiger partial charge in [0.2, 0.25) is 0 Å². The minimum atomic E-state index is 0.205. The lowest BCUT2D eigenvalue weighted by Crippen LogP contribution is -2.20. The predicted molar refractivity (Wildman–Crippen MR) is 72.3 cm³/mol. The Hall–Kier alpha value is -0.650. The van der Waals surface area contributed by atoms with Crippen molar-refractivity contribution in [3.8, 4) is 10.6 Å². The van der Waals surface area contributed by atoms with Crippen LogP contribution >= 0.6 is 27.3 Å². The Kier molecular flexibility index (Phi) is 3.06. The molecule has 0 amide bonds. The number of aliphatic hydroxyl groups excluding tert-OH is 1. The van der Waals surface area contributed by atoms with Crippen LogP contribution in [0.3, 0.4) is 0 Å². The lowest BCUT2D eigenvalue weighted by atomic mass is 10.1. The van der Waals surface area contributed by atoms with Crippen LogP contribution in [-0.4, -0.2) is 21.3 Å². The first-order valence-electron chi connectivity index (χ1n) is 5.72. The number of fused-ring (bicyclic) bond motifs is 1. The van der Waals surface area contributed by atoms with Crippen LogP contribution in [0.1, 0.15) is 24.7 Å². The molecule has 2 aromatic heterocycles. The number of aryl methyl sites for hydroxylation is 1. The number of hydrogen-bond acceptors (Lipinski definition) is 3. The normalized spacial score (nSPS) is 19.3. The van der Waals surface area contributed by atoms with E-state index < -0.39 is 0 Å². The molecular formula is C12H13BrN2OS. The number of thiophene rings is 1. The SMILES string of the molecule is OCC1CCCc2nc(-c3ccc(Br)s3)cn21. The molecule has 1 aliphatic heterocycles. The molecule has 1 unspecified atom stereocenters. The second kappa shape index (κ2) is 4.55. The maximum absolute atomic E-state index is 9.37. The fourth-order valence-corrected chi connectivity index (χ4v) is 3.66. The van der Waals surface area contributed by atoms with Gasteiger partial charge in [-0.1, -0.05) is 0 Å². The summed E-state index contributed by atoms with van der Waals surface area (Å²) in [6.45, 7) is 0.205. The highest BCUT2D eigenvalue weighted by atomic mass is 79.9. The summed E-state index contributed by atoms with van der Waals surface area (Å²) in [4.78, 5) is 5.85. The summed E-state index contributed by atoms with van der Waals surface area (Å²) in [6, 6.07) is 4.34. The van der Waals surface area contributed by atoms with Gasteiger partial charge >= 0.3 is 0 Å². The van der Waals surface area contributed by atoms with E-state index in [9.17, 15) is 5.11 Å². The second-order valence-electron chi connectivity index (χ2n) is 4.28. The molecule has 90 valence electrons. The smallest absolute Gasteiger partial charge is 0.109 e. The first kappa shape index (κ1) is 11.4. The highest BCUT2D eigenvalue weighted by Gasteiger charge is 2.21. The molecule has 1 N–H and O–H groups in total. The average Bonchev–Trinajstić information content (AvgIpc) is 2.93. The fourth-order valence-electron chi connectivity index (χ4n) is 2.32. The van der Waals surface area contributed by atoms with Crippen LogP contribution in [0.15, 0.2) is 22.1 Å². The van der Waals surface area contributed by atoms with E-state index in [2.05, 4.69) is 37.7 Å². The Balaban J connectivity index is 2.01. The Bertz CT molecular complexity index is 534. The number of aliphatic hydroxyl groups is 1. The van der Waals surface area contributed by atoms with Gasteiger partial charge in [0.25, 0.3) is 0 Å². The molecule has 0 saturated heterocycles. The van der Waals surface area contributed by atoms with Crippen LogP contribution in [0.4, 0.5) is 0 Å². The van der Waals surface area contributed by atoms with Crippen LogP contribution < -0.4 is 0 Å². The van der Waals surface area contributed by atoms with E-state index in [0.717, 1.165) is 34.6 Å². The van der Waals surface area contributed by atoms with Crippen molar-refractivity contribution in [3.63, 3.8) is 0 Å². The van der Waals surface area contributed by atoms with Crippen LogP contribution in [-0.2, 0) is 6.42 Å². The van der Waals surface area contributed by atoms with Gasteiger partial charge in [-0.15, -0.1) is 11.3 Å². The Morgan fingerprint density at radius 1 is 1.53 bits per heavy atom. The summed E-state index contributed by atoms with van der Waals surface area (Å²) in [5.74, 6) is 1.11. The number of imidazole rings is 1. The summed E-state index contributed by atoms with van der Waals surface area (Å²) >= 11 is 5.16. The fraction of sp³-hybridized carbons (Fsp3) is 0.417. The average molecular weight is 313 g/mol. The van der Waals surface area contributed by atoms with E-state index >= 15 is 0 Å². The molecule has 3 nitrogen and oxygen atoms in total. The van der Waals surface area contributed by atoms with Crippen molar-refractivity contribution in [2.24, 2.45) is 0 Å². The molecular weight excluding hydrogens is 300 g/mol. The first-order valence-corrected chi connectivity index (χ1v) is 7.33. The molecule has 0 fully saturated rings. The lowest BCUT2D eigenvalue weighted by molar-refractivity contribution is 0.206. The van der Waals surface area contributed by atoms with E-state index in [4.69, 9.17) is 0 Å². The number of hydrogen-bond donors (Lipinski definition) is 1. The number of aromatic nitrogens is 2. The molecule has 0 spiro atoms. The van der Waals surface area contributed by atoms with Crippen molar-refractivity contribution in [2.75, 3.05) is 6.61 Å². The highest BCUT2D eigenvalue weighted by molar-refractivity contribution is 9.11.